The molecule has 0 aromatic rings. The molecule has 25 heavy (non-hydrogen) atoms. The van der Waals surface area contributed by atoms with E-state index in [1.54, 1.807) is 13.8 Å². The summed E-state index contributed by atoms with van der Waals surface area (Å²) in [6.07, 6.45) is -8.17. The molecule has 148 valence electrons. The second-order valence-corrected chi connectivity index (χ2v) is 12.2. The summed E-state index contributed by atoms with van der Waals surface area (Å²) in [6.45, 7) is 7.28. The minimum absolute atomic E-state index is 0.00876. The number of aldehydes is 1. The van der Waals surface area contributed by atoms with Crippen LogP contribution in [0.4, 0.5) is 26.3 Å². The lowest BCUT2D eigenvalue weighted by Gasteiger charge is -2.39. The summed E-state index contributed by atoms with van der Waals surface area (Å²) in [5, 5.41) is 0. The van der Waals surface area contributed by atoms with E-state index in [0.717, 1.165) is 12.4 Å². The average molecular weight is 392 g/mol. The van der Waals surface area contributed by atoms with Crippen LogP contribution in [0, 0.1) is 5.41 Å². The quantitative estimate of drug-likeness (QED) is 0.157. The molecule has 0 fully saturated rings. The van der Waals surface area contributed by atoms with E-state index < -0.39 is 31.7 Å². The van der Waals surface area contributed by atoms with Gasteiger partial charge in [0.1, 0.15) is 6.29 Å². The molecule has 0 heterocycles. The predicted molar refractivity (Wildman–Crippen MR) is 86.7 cm³/mol. The Balaban J connectivity index is 5.60. The Morgan fingerprint density at radius 2 is 1.44 bits per heavy atom. The van der Waals surface area contributed by atoms with Crippen LogP contribution in [-0.4, -0.2) is 32.6 Å². The van der Waals surface area contributed by atoms with Gasteiger partial charge in [0.05, 0.1) is 0 Å². The second kappa shape index (κ2) is 8.24. The van der Waals surface area contributed by atoms with Gasteiger partial charge in [-0.3, -0.25) is 0 Å². The molecule has 0 aromatic heterocycles. The molecule has 2 nitrogen and oxygen atoms in total. The molecule has 0 rings (SSSR count). The monoisotopic (exact) mass is 392 g/mol. The van der Waals surface area contributed by atoms with Gasteiger partial charge in [-0.15, -0.1) is 0 Å². The molecule has 0 radical (unpaired) electrons. The zero-order chi connectivity index (χ0) is 20.2. The van der Waals surface area contributed by atoms with Crippen molar-refractivity contribution in [2.24, 2.45) is 5.41 Å². The fourth-order valence-corrected chi connectivity index (χ4v) is 3.56. The van der Waals surface area contributed by atoms with Gasteiger partial charge in [0.25, 0.3) is 5.60 Å². The van der Waals surface area contributed by atoms with Crippen molar-refractivity contribution in [3.8, 4) is 0 Å². The molecular formula is C16H26F6O2Si. The van der Waals surface area contributed by atoms with Crippen LogP contribution in [0.15, 0.2) is 12.2 Å². The minimum Gasteiger partial charge on any atom is -0.394 e. The first-order chi connectivity index (χ1) is 11.0. The van der Waals surface area contributed by atoms with Crippen molar-refractivity contribution in [3.63, 3.8) is 0 Å². The van der Waals surface area contributed by atoms with Gasteiger partial charge in [-0.05, 0) is 50.4 Å². The van der Waals surface area contributed by atoms with Gasteiger partial charge in [0.15, 0.2) is 8.32 Å². The number of carbonyl (C=O) groups excluding carboxylic acids is 1. The molecule has 0 aromatic carbocycles. The average Bonchev–Trinajstić information content (AvgIpc) is 2.33. The predicted octanol–water partition coefficient (Wildman–Crippen LogP) is 6.04. The first-order valence-corrected chi connectivity index (χ1v) is 11.3. The number of allylic oxidation sites excluding steroid dienone is 1. The van der Waals surface area contributed by atoms with Crippen molar-refractivity contribution in [2.75, 3.05) is 0 Å². The van der Waals surface area contributed by atoms with E-state index in [1.165, 1.54) is 19.6 Å². The Bertz CT molecular complexity index is 447. The van der Waals surface area contributed by atoms with Crippen LogP contribution in [0.25, 0.3) is 0 Å². The van der Waals surface area contributed by atoms with Gasteiger partial charge in [-0.25, -0.2) is 0 Å². The summed E-state index contributed by atoms with van der Waals surface area (Å²) < 4.78 is 84.8. The zero-order valence-corrected chi connectivity index (χ0v) is 16.1. The molecular weight excluding hydrogens is 366 g/mol. The number of rotatable bonds is 9. The number of hydrogen-bond acceptors (Lipinski definition) is 2. The summed E-state index contributed by atoms with van der Waals surface area (Å²) in [5.74, 6) is 0. The van der Waals surface area contributed by atoms with Gasteiger partial charge >= 0.3 is 12.4 Å². The molecule has 0 aliphatic carbocycles. The topological polar surface area (TPSA) is 26.3 Å². The van der Waals surface area contributed by atoms with E-state index in [2.05, 4.69) is 4.43 Å². The van der Waals surface area contributed by atoms with Gasteiger partial charge in [0.2, 0.25) is 0 Å². The number of halogens is 6. The van der Waals surface area contributed by atoms with Crippen molar-refractivity contribution in [3.05, 3.63) is 12.2 Å². The standard InChI is InChI=1S/C16H26F6O2Si/c1-13(2,9-6-7-12-23)10-8-11-14(15(17,18)19,16(20,21)22)24-25(3,4)5/h8,11-12H,6-7,9-10H2,1-5H3/b11-8-. The van der Waals surface area contributed by atoms with Gasteiger partial charge in [0, 0.05) is 6.42 Å². The van der Waals surface area contributed by atoms with Crippen LogP contribution in [-0.2, 0) is 9.22 Å². The minimum atomic E-state index is -5.62. The molecule has 0 aliphatic rings. The number of alkyl halides is 6. The molecule has 0 amide bonds. The van der Waals surface area contributed by atoms with Gasteiger partial charge in [-0.1, -0.05) is 19.9 Å². The molecule has 0 saturated carbocycles. The smallest absolute Gasteiger partial charge is 0.394 e. The van der Waals surface area contributed by atoms with E-state index >= 15 is 0 Å². The SMILES string of the molecule is CC(C)(C/C=C\C(O[Si](C)(C)C)(C(F)(F)F)C(F)(F)F)CCCC=O. The highest BCUT2D eigenvalue weighted by atomic mass is 28.4. The van der Waals surface area contributed by atoms with Crippen LogP contribution < -0.4 is 0 Å². The molecule has 0 spiro atoms. The number of carbonyl (C=O) groups is 1. The Morgan fingerprint density at radius 1 is 0.960 bits per heavy atom. The van der Waals surface area contributed by atoms with Crippen molar-refractivity contribution in [1.82, 2.24) is 0 Å². The van der Waals surface area contributed by atoms with Gasteiger partial charge in [-0.2, -0.15) is 26.3 Å². The molecule has 0 atom stereocenters. The Labute approximate surface area is 145 Å². The molecule has 0 unspecified atom stereocenters. The highest BCUT2D eigenvalue weighted by Crippen LogP contribution is 2.48. The van der Waals surface area contributed by atoms with E-state index in [9.17, 15) is 31.1 Å². The summed E-state index contributed by atoms with van der Waals surface area (Å²) in [6, 6.07) is 0. The normalized spacial score (nSPS) is 15.0. The third-order valence-electron chi connectivity index (χ3n) is 3.51. The lowest BCUT2D eigenvalue weighted by atomic mass is 9.83. The zero-order valence-electron chi connectivity index (χ0n) is 15.1. The largest absolute Gasteiger partial charge is 0.429 e. The Hall–Kier alpha value is -0.833. The fraction of sp³-hybridized carbons (Fsp3) is 0.812. The first-order valence-electron chi connectivity index (χ1n) is 7.92. The highest BCUT2D eigenvalue weighted by molar-refractivity contribution is 6.69. The van der Waals surface area contributed by atoms with E-state index in [1.807, 2.05) is 0 Å². The molecule has 0 N–H and O–H groups in total. The molecule has 9 heteroatoms. The number of unbranched alkanes of at least 4 members (excludes halogenated alkanes) is 1. The fourth-order valence-electron chi connectivity index (χ4n) is 2.29. The van der Waals surface area contributed by atoms with E-state index in [-0.39, 0.29) is 12.5 Å². The maximum Gasteiger partial charge on any atom is 0.429 e. The Kier molecular flexibility index (Phi) is 7.97. The third kappa shape index (κ3) is 7.51. The lowest BCUT2D eigenvalue weighted by molar-refractivity contribution is -0.340. The van der Waals surface area contributed by atoms with Crippen LogP contribution in [0.5, 0.6) is 0 Å². The third-order valence-corrected chi connectivity index (χ3v) is 4.44. The number of hydrogen-bond donors (Lipinski definition) is 0. The Morgan fingerprint density at radius 3 is 1.80 bits per heavy atom. The van der Waals surface area contributed by atoms with Gasteiger partial charge < -0.3 is 9.22 Å². The van der Waals surface area contributed by atoms with Crippen LogP contribution in [0.2, 0.25) is 19.6 Å². The van der Waals surface area contributed by atoms with Crippen molar-refractivity contribution >= 4 is 14.6 Å². The molecule has 0 saturated heterocycles. The highest BCUT2D eigenvalue weighted by Gasteiger charge is 2.71. The van der Waals surface area contributed by atoms with Crippen LogP contribution in [0.1, 0.15) is 39.5 Å². The van der Waals surface area contributed by atoms with Crippen LogP contribution >= 0.6 is 0 Å². The summed E-state index contributed by atoms with van der Waals surface area (Å²) in [4.78, 5) is 10.3. The van der Waals surface area contributed by atoms with Crippen molar-refractivity contribution in [2.45, 2.75) is 77.1 Å². The van der Waals surface area contributed by atoms with Crippen molar-refractivity contribution in [1.29, 1.82) is 0 Å². The van der Waals surface area contributed by atoms with E-state index in [0.29, 0.717) is 19.3 Å². The van der Waals surface area contributed by atoms with Crippen molar-refractivity contribution < 1.29 is 35.6 Å². The molecule has 0 bridgehead atoms. The first kappa shape index (κ1) is 24.2. The van der Waals surface area contributed by atoms with E-state index in [4.69, 9.17) is 0 Å². The summed E-state index contributed by atoms with van der Waals surface area (Å²) in [5.41, 5.74) is -4.83. The lowest BCUT2D eigenvalue weighted by Crippen LogP contribution is -2.61. The second-order valence-electron chi connectivity index (χ2n) is 7.78. The maximum atomic E-state index is 13.4. The summed E-state index contributed by atoms with van der Waals surface area (Å²) in [7, 11) is -3.16. The molecule has 0 aliphatic heterocycles. The maximum absolute atomic E-state index is 13.4. The summed E-state index contributed by atoms with van der Waals surface area (Å²) >= 11 is 0. The van der Waals surface area contributed by atoms with Crippen LogP contribution in [0.3, 0.4) is 0 Å².